The van der Waals surface area contributed by atoms with Crippen LogP contribution in [-0.4, -0.2) is 4.57 Å². The normalized spacial score (nSPS) is 12.0. The number of thiophene rings is 1. The summed E-state index contributed by atoms with van der Waals surface area (Å²) in [5, 5.41) is 5.26. The predicted molar refractivity (Wildman–Crippen MR) is 154 cm³/mol. The summed E-state index contributed by atoms with van der Waals surface area (Å²) in [6.07, 6.45) is 4.41. The number of aromatic nitrogens is 1. The fourth-order valence-electron chi connectivity index (χ4n) is 5.38. The van der Waals surface area contributed by atoms with Crippen LogP contribution in [0.5, 0.6) is 0 Å². The average Bonchev–Trinajstić information content (AvgIpc) is 3.46. The molecule has 2 aromatic heterocycles. The van der Waals surface area contributed by atoms with Gasteiger partial charge in [-0.1, -0.05) is 84.9 Å². The van der Waals surface area contributed by atoms with E-state index in [1.807, 2.05) is 11.3 Å². The lowest BCUT2D eigenvalue weighted by Crippen LogP contribution is -1.93. The molecule has 0 radical (unpaired) electrons. The molecule has 0 saturated heterocycles. The maximum atomic E-state index is 2.45. The van der Waals surface area contributed by atoms with Gasteiger partial charge in [0.1, 0.15) is 0 Å². The first kappa shape index (κ1) is 20.3. The topological polar surface area (TPSA) is 4.93 Å². The SMILES string of the molecule is C/C=C/c1cc2c3cc(-c4ccccc4)ccc3n(-c3ccccc3)c2c2sc3ccccc3c12. The van der Waals surface area contributed by atoms with E-state index in [0.29, 0.717) is 0 Å². The highest BCUT2D eigenvalue weighted by Gasteiger charge is 2.20. The fourth-order valence-corrected chi connectivity index (χ4v) is 6.65. The third-order valence-corrected chi connectivity index (χ3v) is 8.05. The highest BCUT2D eigenvalue weighted by atomic mass is 32.1. The molecule has 0 bridgehead atoms. The standard InChI is InChI=1S/C33H23NS/c1-2-11-24-21-28-27-20-23(22-12-5-3-6-13-22)18-19-29(27)34(25-14-7-4-8-15-25)32(28)33-31(24)26-16-9-10-17-30(26)35-33/h2-21H,1H3/b11-2+. The zero-order chi connectivity index (χ0) is 23.4. The lowest BCUT2D eigenvalue weighted by atomic mass is 10.00. The Morgan fingerprint density at radius 2 is 1.40 bits per heavy atom. The Balaban J connectivity index is 1.71. The van der Waals surface area contributed by atoms with Crippen LogP contribution < -0.4 is 0 Å². The quantitative estimate of drug-likeness (QED) is 0.245. The minimum absolute atomic E-state index is 1.19. The molecule has 5 aromatic carbocycles. The van der Waals surface area contributed by atoms with Crippen LogP contribution in [0.15, 0.2) is 115 Å². The van der Waals surface area contributed by atoms with Crippen molar-refractivity contribution in [3.05, 3.63) is 121 Å². The number of rotatable bonds is 3. The van der Waals surface area contributed by atoms with E-state index >= 15 is 0 Å². The molecule has 166 valence electrons. The molecule has 0 unspecified atom stereocenters. The Kier molecular flexibility index (Phi) is 4.61. The van der Waals surface area contributed by atoms with Gasteiger partial charge in [-0.15, -0.1) is 11.3 Å². The first-order chi connectivity index (χ1) is 17.3. The van der Waals surface area contributed by atoms with E-state index in [-0.39, 0.29) is 0 Å². The first-order valence-corrected chi connectivity index (χ1v) is 12.8. The molecule has 1 nitrogen and oxygen atoms in total. The predicted octanol–water partition coefficient (Wildman–Crippen LogP) is 9.85. The molecule has 0 aliphatic rings. The summed E-state index contributed by atoms with van der Waals surface area (Å²) in [7, 11) is 0. The molecule has 0 fully saturated rings. The van der Waals surface area contributed by atoms with Crippen molar-refractivity contribution in [3.8, 4) is 16.8 Å². The van der Waals surface area contributed by atoms with Crippen LogP contribution in [0.3, 0.4) is 0 Å². The Hall–Kier alpha value is -4.14. The summed E-state index contributed by atoms with van der Waals surface area (Å²) in [4.78, 5) is 0. The van der Waals surface area contributed by atoms with E-state index in [9.17, 15) is 0 Å². The third-order valence-electron chi connectivity index (χ3n) is 6.87. The molecule has 7 rings (SSSR count). The number of para-hydroxylation sites is 1. The maximum absolute atomic E-state index is 2.45. The molecule has 0 amide bonds. The summed E-state index contributed by atoms with van der Waals surface area (Å²) < 4.78 is 5.13. The first-order valence-electron chi connectivity index (χ1n) is 12.0. The van der Waals surface area contributed by atoms with Gasteiger partial charge in [-0.3, -0.25) is 0 Å². The second-order valence-electron chi connectivity index (χ2n) is 8.93. The second kappa shape index (κ2) is 7.97. The van der Waals surface area contributed by atoms with Crippen LogP contribution in [0.25, 0.3) is 64.9 Å². The zero-order valence-corrected chi connectivity index (χ0v) is 20.2. The summed E-state index contributed by atoms with van der Waals surface area (Å²) in [6.45, 7) is 2.10. The van der Waals surface area contributed by atoms with Gasteiger partial charge < -0.3 is 4.57 Å². The minimum Gasteiger partial charge on any atom is -0.308 e. The molecule has 0 saturated carbocycles. The number of hydrogen-bond donors (Lipinski definition) is 0. The van der Waals surface area contributed by atoms with Gasteiger partial charge in [0.2, 0.25) is 0 Å². The van der Waals surface area contributed by atoms with Crippen LogP contribution in [0.4, 0.5) is 0 Å². The van der Waals surface area contributed by atoms with Gasteiger partial charge in [-0.25, -0.2) is 0 Å². The van der Waals surface area contributed by atoms with Crippen molar-refractivity contribution < 1.29 is 0 Å². The van der Waals surface area contributed by atoms with Crippen molar-refractivity contribution >= 4 is 59.4 Å². The smallest absolute Gasteiger partial charge is 0.0720 e. The van der Waals surface area contributed by atoms with Crippen LogP contribution >= 0.6 is 11.3 Å². The van der Waals surface area contributed by atoms with Crippen molar-refractivity contribution in [1.29, 1.82) is 0 Å². The molecule has 0 aliphatic carbocycles. The highest BCUT2D eigenvalue weighted by molar-refractivity contribution is 7.26. The molecule has 0 aliphatic heterocycles. The van der Waals surface area contributed by atoms with Crippen molar-refractivity contribution in [1.82, 2.24) is 4.57 Å². The van der Waals surface area contributed by atoms with Crippen molar-refractivity contribution in [2.45, 2.75) is 6.92 Å². The number of allylic oxidation sites excluding steroid dienone is 1. The second-order valence-corrected chi connectivity index (χ2v) is 9.99. The van der Waals surface area contributed by atoms with Gasteiger partial charge >= 0.3 is 0 Å². The van der Waals surface area contributed by atoms with E-state index in [4.69, 9.17) is 0 Å². The van der Waals surface area contributed by atoms with Gasteiger partial charge in [0.15, 0.2) is 0 Å². The van der Waals surface area contributed by atoms with E-state index in [1.165, 1.54) is 64.4 Å². The fraction of sp³-hybridized carbons (Fsp3) is 0.0303. The zero-order valence-electron chi connectivity index (χ0n) is 19.4. The van der Waals surface area contributed by atoms with E-state index in [2.05, 4.69) is 133 Å². The molecule has 0 atom stereocenters. The summed E-state index contributed by atoms with van der Waals surface area (Å²) in [5.74, 6) is 0. The summed E-state index contributed by atoms with van der Waals surface area (Å²) in [5.41, 5.74) is 7.49. The van der Waals surface area contributed by atoms with Crippen LogP contribution in [0.2, 0.25) is 0 Å². The van der Waals surface area contributed by atoms with Gasteiger partial charge in [-0.05, 0) is 60.0 Å². The maximum Gasteiger partial charge on any atom is 0.0720 e. The molecule has 35 heavy (non-hydrogen) atoms. The Labute approximate surface area is 208 Å². The highest BCUT2D eigenvalue weighted by Crippen LogP contribution is 2.45. The van der Waals surface area contributed by atoms with E-state index in [0.717, 1.165) is 0 Å². The van der Waals surface area contributed by atoms with E-state index < -0.39 is 0 Å². The van der Waals surface area contributed by atoms with Crippen LogP contribution in [0.1, 0.15) is 12.5 Å². The van der Waals surface area contributed by atoms with Gasteiger partial charge in [0, 0.05) is 31.9 Å². The Bertz CT molecular complexity index is 1890. The van der Waals surface area contributed by atoms with Gasteiger partial charge in [0.25, 0.3) is 0 Å². The van der Waals surface area contributed by atoms with Crippen molar-refractivity contribution in [3.63, 3.8) is 0 Å². The largest absolute Gasteiger partial charge is 0.308 e. The monoisotopic (exact) mass is 465 g/mol. The van der Waals surface area contributed by atoms with Crippen LogP contribution in [0, 0.1) is 0 Å². The molecule has 0 spiro atoms. The number of nitrogens with zero attached hydrogens (tertiary/aromatic N) is 1. The number of benzene rings is 5. The summed E-state index contributed by atoms with van der Waals surface area (Å²) >= 11 is 1.90. The molecular formula is C33H23NS. The molecule has 7 aromatic rings. The van der Waals surface area contributed by atoms with E-state index in [1.54, 1.807) is 0 Å². The average molecular weight is 466 g/mol. The lowest BCUT2D eigenvalue weighted by molar-refractivity contribution is 1.19. The molecule has 2 heterocycles. The molecule has 2 heteroatoms. The van der Waals surface area contributed by atoms with Gasteiger partial charge in [-0.2, -0.15) is 0 Å². The number of hydrogen-bond acceptors (Lipinski definition) is 1. The Morgan fingerprint density at radius 1 is 0.657 bits per heavy atom. The lowest BCUT2D eigenvalue weighted by Gasteiger charge is -2.09. The minimum atomic E-state index is 1.19. The van der Waals surface area contributed by atoms with Gasteiger partial charge in [0.05, 0.1) is 15.7 Å². The number of fused-ring (bicyclic) bond motifs is 7. The van der Waals surface area contributed by atoms with Crippen molar-refractivity contribution in [2.75, 3.05) is 0 Å². The van der Waals surface area contributed by atoms with Crippen LogP contribution in [-0.2, 0) is 0 Å². The molecular weight excluding hydrogens is 442 g/mol. The third kappa shape index (κ3) is 3.07. The summed E-state index contributed by atoms with van der Waals surface area (Å²) in [6, 6.07) is 39.5. The molecule has 0 N–H and O–H groups in total. The van der Waals surface area contributed by atoms with Crippen molar-refractivity contribution in [2.24, 2.45) is 0 Å². The Morgan fingerprint density at radius 3 is 2.20 bits per heavy atom.